The van der Waals surface area contributed by atoms with Crippen molar-refractivity contribution in [3.05, 3.63) is 65.2 Å². The Balaban J connectivity index is 0.000000398. The molecule has 2 aromatic rings. The van der Waals surface area contributed by atoms with Crippen LogP contribution in [0.4, 0.5) is 26.3 Å². The number of ether oxygens (including phenoxy) is 2. The standard InChI is InChI=1S/C12H15F3N2O3.C10H11F3N2O5.CH3O.Na/c1-3-8-6(2)4-9(20-8)17-5-7(12(13,14)15)10(18)16-11(17)19;11-10(12,13)4-2-15(9(19)14-8(4)18)7-1-5(17)6(3-16)20-7;1-2;/h5-6,8-9H,3-4H2,1-2H3,(H,16,18,19);2,5-7,16-17H,1,3H2,(H,14,18,19);1H3;/q;;-1;+1/t6-,8-,9-;5-,6-,7-;;/m11../s1. The molecule has 6 atom stereocenters. The normalized spacial score (nSPS) is 25.2. The maximum Gasteiger partial charge on any atom is 1.00 e. The number of aliphatic hydroxyl groups excluding tert-OH is 2. The maximum atomic E-state index is 12.7. The third-order valence-electron chi connectivity index (χ3n) is 6.49. The van der Waals surface area contributed by atoms with E-state index in [0.29, 0.717) is 29.8 Å². The second-order valence-corrected chi connectivity index (χ2v) is 9.28. The minimum atomic E-state index is -4.92. The van der Waals surface area contributed by atoms with Crippen LogP contribution in [0.25, 0.3) is 0 Å². The largest absolute Gasteiger partial charge is 1.00 e. The molecule has 4 heterocycles. The molecule has 4 rings (SSSR count). The number of nitrogens with one attached hydrogen (secondary N) is 2. The summed E-state index contributed by atoms with van der Waals surface area (Å²) in [5.41, 5.74) is -7.89. The quantitative estimate of drug-likeness (QED) is 0.200. The van der Waals surface area contributed by atoms with Crippen LogP contribution in [0.3, 0.4) is 0 Å². The molecule has 0 spiro atoms. The molecule has 0 radical (unpaired) electrons. The van der Waals surface area contributed by atoms with Gasteiger partial charge in [-0.25, -0.2) is 9.59 Å². The number of H-pyrrole nitrogens is 2. The summed E-state index contributed by atoms with van der Waals surface area (Å²) in [6.45, 7) is 3.28. The number of alkyl halides is 6. The summed E-state index contributed by atoms with van der Waals surface area (Å²) in [4.78, 5) is 48.8. The summed E-state index contributed by atoms with van der Waals surface area (Å²) >= 11 is 0. The topological polar surface area (TPSA) is 192 Å². The van der Waals surface area contributed by atoms with E-state index in [4.69, 9.17) is 19.7 Å². The van der Waals surface area contributed by atoms with E-state index in [1.165, 1.54) is 0 Å². The van der Waals surface area contributed by atoms with Gasteiger partial charge in [0.2, 0.25) is 0 Å². The van der Waals surface area contributed by atoms with E-state index in [2.05, 4.69) is 0 Å². The molecule has 2 aromatic heterocycles. The third-order valence-corrected chi connectivity index (χ3v) is 6.49. The minimum absolute atomic E-state index is 0. The van der Waals surface area contributed by atoms with Gasteiger partial charge in [0.15, 0.2) is 0 Å². The molecule has 2 saturated heterocycles. The summed E-state index contributed by atoms with van der Waals surface area (Å²) < 4.78 is 87.9. The Morgan fingerprint density at radius 1 is 0.860 bits per heavy atom. The van der Waals surface area contributed by atoms with Gasteiger partial charge in [-0.15, -0.1) is 0 Å². The zero-order chi connectivity index (χ0) is 32.2. The van der Waals surface area contributed by atoms with Crippen LogP contribution in [-0.2, 0) is 21.8 Å². The number of halogens is 6. The molecule has 43 heavy (non-hydrogen) atoms. The van der Waals surface area contributed by atoms with Gasteiger partial charge < -0.3 is 24.8 Å². The van der Waals surface area contributed by atoms with Crippen molar-refractivity contribution >= 4 is 0 Å². The number of aliphatic hydroxyl groups is 2. The van der Waals surface area contributed by atoms with Crippen LogP contribution >= 0.6 is 0 Å². The fourth-order valence-electron chi connectivity index (χ4n) is 4.39. The Kier molecular flexibility index (Phi) is 14.1. The summed E-state index contributed by atoms with van der Waals surface area (Å²) in [5, 5.41) is 26.6. The molecular formula is C23H29F6N4NaO9. The van der Waals surface area contributed by atoms with Crippen molar-refractivity contribution in [3.8, 4) is 0 Å². The molecule has 0 bridgehead atoms. The van der Waals surface area contributed by atoms with Crippen molar-refractivity contribution in [2.75, 3.05) is 13.7 Å². The van der Waals surface area contributed by atoms with Gasteiger partial charge in [-0.2, -0.15) is 33.5 Å². The zero-order valence-corrected chi connectivity index (χ0v) is 25.4. The number of hydrogen-bond donors (Lipinski definition) is 4. The van der Waals surface area contributed by atoms with E-state index in [0.717, 1.165) is 11.7 Å². The molecule has 2 fully saturated rings. The molecule has 20 heteroatoms. The van der Waals surface area contributed by atoms with Gasteiger partial charge in [-0.1, -0.05) is 13.8 Å². The number of rotatable bonds is 4. The predicted molar refractivity (Wildman–Crippen MR) is 128 cm³/mol. The number of hydrogen-bond acceptors (Lipinski definition) is 9. The molecule has 0 amide bonds. The van der Waals surface area contributed by atoms with Crippen LogP contribution in [0.2, 0.25) is 0 Å². The molecule has 2 aliphatic rings. The van der Waals surface area contributed by atoms with Crippen LogP contribution in [0.1, 0.15) is 56.7 Å². The fraction of sp³-hybridized carbons (Fsp3) is 0.652. The molecular weight excluding hydrogens is 613 g/mol. The average molecular weight is 642 g/mol. The molecule has 0 saturated carbocycles. The summed E-state index contributed by atoms with van der Waals surface area (Å²) in [6.07, 6.45) is -12.0. The van der Waals surface area contributed by atoms with Crippen molar-refractivity contribution < 1.29 is 80.7 Å². The van der Waals surface area contributed by atoms with E-state index in [9.17, 15) is 50.6 Å². The van der Waals surface area contributed by atoms with Crippen LogP contribution in [0.15, 0.2) is 31.6 Å². The van der Waals surface area contributed by atoms with E-state index >= 15 is 0 Å². The van der Waals surface area contributed by atoms with Gasteiger partial charge in [-0.3, -0.25) is 28.7 Å². The van der Waals surface area contributed by atoms with Gasteiger partial charge in [0.25, 0.3) is 11.1 Å². The van der Waals surface area contributed by atoms with E-state index in [-0.39, 0.29) is 48.0 Å². The first kappa shape index (κ1) is 38.8. The van der Waals surface area contributed by atoms with Crippen LogP contribution < -0.4 is 57.2 Å². The van der Waals surface area contributed by atoms with E-state index in [1.807, 2.05) is 13.8 Å². The zero-order valence-electron chi connectivity index (χ0n) is 23.4. The number of aromatic amines is 2. The second kappa shape index (κ2) is 15.6. The van der Waals surface area contributed by atoms with Crippen molar-refractivity contribution in [3.63, 3.8) is 0 Å². The van der Waals surface area contributed by atoms with Gasteiger partial charge in [0.05, 0.1) is 18.8 Å². The molecule has 13 nitrogen and oxygen atoms in total. The summed E-state index contributed by atoms with van der Waals surface area (Å²) in [5.74, 6) is 0.137. The Bertz CT molecular complexity index is 1330. The van der Waals surface area contributed by atoms with Crippen molar-refractivity contribution in [1.29, 1.82) is 0 Å². The van der Waals surface area contributed by atoms with Crippen molar-refractivity contribution in [2.24, 2.45) is 5.92 Å². The van der Waals surface area contributed by atoms with Crippen molar-refractivity contribution in [2.45, 2.75) is 76.2 Å². The molecule has 0 aliphatic carbocycles. The Hall–Kier alpha value is -2.26. The monoisotopic (exact) mass is 642 g/mol. The summed E-state index contributed by atoms with van der Waals surface area (Å²) in [7, 11) is 0.750. The van der Waals surface area contributed by atoms with Crippen LogP contribution in [0.5, 0.6) is 0 Å². The van der Waals surface area contributed by atoms with Crippen LogP contribution in [-0.4, -0.2) is 61.3 Å². The Morgan fingerprint density at radius 2 is 1.26 bits per heavy atom. The molecule has 4 N–H and O–H groups in total. The smallest absolute Gasteiger partial charge is 0.857 e. The number of nitrogens with zero attached hydrogens (tertiary/aromatic N) is 2. The average Bonchev–Trinajstić information content (AvgIpc) is 3.45. The fourth-order valence-corrected chi connectivity index (χ4v) is 4.39. The van der Waals surface area contributed by atoms with Gasteiger partial charge in [0, 0.05) is 18.8 Å². The summed E-state index contributed by atoms with van der Waals surface area (Å²) in [6, 6.07) is 0. The predicted octanol–water partition coefficient (Wildman–Crippen LogP) is -2.93. The Labute approximate surface area is 260 Å². The van der Waals surface area contributed by atoms with Gasteiger partial charge in [-0.05, 0) is 18.8 Å². The Morgan fingerprint density at radius 3 is 1.58 bits per heavy atom. The molecule has 2 aliphatic heterocycles. The van der Waals surface area contributed by atoms with Crippen LogP contribution in [0, 0.1) is 5.92 Å². The first-order valence-corrected chi connectivity index (χ1v) is 12.3. The first-order valence-electron chi connectivity index (χ1n) is 12.3. The van der Waals surface area contributed by atoms with Gasteiger partial charge in [0.1, 0.15) is 29.7 Å². The SMILES string of the molecule is CC[C@H]1O[C@@H](n2cc(C(F)(F)F)c(=O)[nH]c2=O)C[C@H]1C.C[O-].O=c1[nH]c(=O)n([C@H]2C[C@@H](O)[C@@H](CO)O2)cc1C(F)(F)F.[Na+]. The first-order chi connectivity index (χ1) is 19.5. The second-order valence-electron chi connectivity index (χ2n) is 9.28. The van der Waals surface area contributed by atoms with Crippen molar-refractivity contribution in [1.82, 2.24) is 19.1 Å². The van der Waals surface area contributed by atoms with E-state index < -0.39 is 77.2 Å². The third kappa shape index (κ3) is 9.37. The van der Waals surface area contributed by atoms with E-state index in [1.54, 1.807) is 9.97 Å². The molecule has 0 aromatic carbocycles. The number of aromatic nitrogens is 4. The minimum Gasteiger partial charge on any atom is -0.857 e. The molecule has 0 unspecified atom stereocenters. The molecule has 238 valence electrons. The maximum absolute atomic E-state index is 12.7. The van der Waals surface area contributed by atoms with Gasteiger partial charge >= 0.3 is 53.3 Å².